The Labute approximate surface area is 101 Å². The summed E-state index contributed by atoms with van der Waals surface area (Å²) in [6.07, 6.45) is 1.06. The first-order valence-electron chi connectivity index (χ1n) is 5.96. The largest absolute Gasteiger partial charge is 0.512 e. The molecule has 1 aliphatic heterocycles. The Hall–Kier alpha value is -1.52. The molecule has 17 heavy (non-hydrogen) atoms. The molecule has 1 aliphatic rings. The molecule has 1 heterocycles. The topological polar surface area (TPSA) is 66.8 Å². The van der Waals surface area contributed by atoms with E-state index in [-0.39, 0.29) is 24.5 Å². The number of carbonyl (C=O) groups excluding carboxylic acids is 2. The van der Waals surface area contributed by atoms with Gasteiger partial charge >= 0.3 is 6.09 Å². The van der Waals surface area contributed by atoms with Crippen molar-refractivity contribution >= 4 is 11.9 Å². The molecule has 5 heteroatoms. The fourth-order valence-corrected chi connectivity index (χ4v) is 1.76. The molecular weight excluding hydrogens is 222 g/mol. The molecule has 0 bridgehead atoms. The molecule has 0 unspecified atom stereocenters. The Morgan fingerprint density at radius 3 is 2.76 bits per heavy atom. The van der Waals surface area contributed by atoms with Crippen molar-refractivity contribution in [3.8, 4) is 0 Å². The predicted molar refractivity (Wildman–Crippen MR) is 62.8 cm³/mol. The average Bonchev–Trinajstić information content (AvgIpc) is 2.30. The fourth-order valence-electron chi connectivity index (χ4n) is 1.76. The van der Waals surface area contributed by atoms with Crippen LogP contribution in [0.1, 0.15) is 33.1 Å². The summed E-state index contributed by atoms with van der Waals surface area (Å²) in [6.45, 7) is 4.48. The molecule has 0 aromatic carbocycles. The minimum Gasteiger partial charge on any atom is -0.512 e. The van der Waals surface area contributed by atoms with Gasteiger partial charge in [0.15, 0.2) is 5.78 Å². The lowest BCUT2D eigenvalue weighted by atomic mass is 10.0. The van der Waals surface area contributed by atoms with Gasteiger partial charge in [0.05, 0.1) is 18.7 Å². The first-order chi connectivity index (χ1) is 8.10. The third-order valence-electron chi connectivity index (χ3n) is 2.66. The first kappa shape index (κ1) is 13.5. The number of hydrogen-bond donors (Lipinski definition) is 1. The van der Waals surface area contributed by atoms with Crippen molar-refractivity contribution in [2.24, 2.45) is 0 Å². The predicted octanol–water partition coefficient (Wildman–Crippen LogP) is 2.03. The van der Waals surface area contributed by atoms with Crippen LogP contribution >= 0.6 is 0 Å². The molecule has 0 radical (unpaired) electrons. The van der Waals surface area contributed by atoms with E-state index in [0.29, 0.717) is 25.1 Å². The van der Waals surface area contributed by atoms with E-state index in [1.54, 1.807) is 6.92 Å². The number of aliphatic hydroxyl groups is 1. The van der Waals surface area contributed by atoms with Gasteiger partial charge in [-0.15, -0.1) is 0 Å². The van der Waals surface area contributed by atoms with Gasteiger partial charge in [0.1, 0.15) is 5.76 Å². The third kappa shape index (κ3) is 3.47. The number of amides is 1. The monoisotopic (exact) mass is 241 g/mol. The van der Waals surface area contributed by atoms with Crippen LogP contribution in [-0.2, 0) is 9.53 Å². The van der Waals surface area contributed by atoms with Crippen LogP contribution in [0.15, 0.2) is 11.3 Å². The summed E-state index contributed by atoms with van der Waals surface area (Å²) in [5.74, 6) is 0.0306. The average molecular weight is 241 g/mol. The lowest BCUT2D eigenvalue weighted by Gasteiger charge is -2.27. The number of ketones is 1. The van der Waals surface area contributed by atoms with E-state index >= 15 is 0 Å². The van der Waals surface area contributed by atoms with Gasteiger partial charge in [-0.25, -0.2) is 4.79 Å². The van der Waals surface area contributed by atoms with Gasteiger partial charge in [-0.2, -0.15) is 0 Å². The molecule has 1 fully saturated rings. The maximum Gasteiger partial charge on any atom is 0.410 e. The Kier molecular flexibility index (Phi) is 5.00. The molecule has 1 saturated heterocycles. The Morgan fingerprint density at radius 1 is 1.47 bits per heavy atom. The molecule has 0 aromatic heterocycles. The summed E-state index contributed by atoms with van der Waals surface area (Å²) in [7, 11) is 0. The minimum absolute atomic E-state index is 0.0727. The van der Waals surface area contributed by atoms with E-state index < -0.39 is 6.09 Å². The SMILES string of the molecule is CCCC(O)=C1CN(C(=O)OCC)CCC1=O. The number of Topliss-reactive ketones (excluding diaryl/α,β-unsaturated/α-hetero) is 1. The summed E-state index contributed by atoms with van der Waals surface area (Å²) in [4.78, 5) is 24.6. The summed E-state index contributed by atoms with van der Waals surface area (Å²) in [5.41, 5.74) is 0.353. The molecule has 0 spiro atoms. The molecule has 1 amide bonds. The molecule has 1 rings (SSSR count). The van der Waals surface area contributed by atoms with E-state index in [1.807, 2.05) is 6.92 Å². The maximum absolute atomic E-state index is 11.6. The Morgan fingerprint density at radius 2 is 2.18 bits per heavy atom. The maximum atomic E-state index is 11.6. The molecule has 0 aromatic rings. The van der Waals surface area contributed by atoms with Crippen LogP contribution in [0, 0.1) is 0 Å². The molecular formula is C12H19NO4. The zero-order chi connectivity index (χ0) is 12.8. The molecule has 96 valence electrons. The van der Waals surface area contributed by atoms with Crippen molar-refractivity contribution in [1.82, 2.24) is 4.90 Å². The zero-order valence-corrected chi connectivity index (χ0v) is 10.4. The number of piperidine rings is 1. The second-order valence-electron chi connectivity index (χ2n) is 3.97. The number of nitrogens with zero attached hydrogens (tertiary/aromatic N) is 1. The van der Waals surface area contributed by atoms with Crippen molar-refractivity contribution < 1.29 is 19.4 Å². The van der Waals surface area contributed by atoms with Gasteiger partial charge in [0.2, 0.25) is 0 Å². The highest BCUT2D eigenvalue weighted by atomic mass is 16.6. The van der Waals surface area contributed by atoms with Crippen LogP contribution in [-0.4, -0.2) is 41.6 Å². The number of ether oxygens (including phenoxy) is 1. The molecule has 0 aliphatic carbocycles. The van der Waals surface area contributed by atoms with E-state index in [2.05, 4.69) is 0 Å². The summed E-state index contributed by atoms with van der Waals surface area (Å²) < 4.78 is 4.88. The second kappa shape index (κ2) is 6.27. The van der Waals surface area contributed by atoms with E-state index in [1.165, 1.54) is 4.90 Å². The highest BCUT2D eigenvalue weighted by molar-refractivity contribution is 5.98. The smallest absolute Gasteiger partial charge is 0.410 e. The summed E-state index contributed by atoms with van der Waals surface area (Å²) >= 11 is 0. The van der Waals surface area contributed by atoms with Crippen molar-refractivity contribution in [3.63, 3.8) is 0 Å². The van der Waals surface area contributed by atoms with Gasteiger partial charge in [-0.05, 0) is 13.3 Å². The normalized spacial score (nSPS) is 19.2. The number of aliphatic hydroxyl groups excluding tert-OH is 1. The molecule has 0 atom stereocenters. The van der Waals surface area contributed by atoms with Crippen molar-refractivity contribution in [3.05, 3.63) is 11.3 Å². The van der Waals surface area contributed by atoms with Crippen molar-refractivity contribution in [2.75, 3.05) is 19.7 Å². The number of allylic oxidation sites excluding steroid dienone is 1. The van der Waals surface area contributed by atoms with Crippen LogP contribution in [0.4, 0.5) is 4.79 Å². The number of likely N-dealkylation sites (tertiary alicyclic amines) is 1. The van der Waals surface area contributed by atoms with Crippen molar-refractivity contribution in [2.45, 2.75) is 33.1 Å². The highest BCUT2D eigenvalue weighted by Crippen LogP contribution is 2.18. The summed E-state index contributed by atoms with van der Waals surface area (Å²) in [5, 5.41) is 9.75. The zero-order valence-electron chi connectivity index (χ0n) is 10.4. The van der Waals surface area contributed by atoms with Crippen LogP contribution in [0.2, 0.25) is 0 Å². The van der Waals surface area contributed by atoms with E-state index in [0.717, 1.165) is 6.42 Å². The van der Waals surface area contributed by atoms with Crippen LogP contribution < -0.4 is 0 Å². The number of rotatable bonds is 3. The first-order valence-corrected chi connectivity index (χ1v) is 5.96. The van der Waals surface area contributed by atoms with Crippen molar-refractivity contribution in [1.29, 1.82) is 0 Å². The Balaban J connectivity index is 2.75. The van der Waals surface area contributed by atoms with Gasteiger partial charge in [-0.1, -0.05) is 6.92 Å². The van der Waals surface area contributed by atoms with Gasteiger partial charge < -0.3 is 14.7 Å². The third-order valence-corrected chi connectivity index (χ3v) is 2.66. The Bertz CT molecular complexity index is 335. The van der Waals surface area contributed by atoms with E-state index in [9.17, 15) is 14.7 Å². The fraction of sp³-hybridized carbons (Fsp3) is 0.667. The van der Waals surface area contributed by atoms with Gasteiger partial charge in [0, 0.05) is 19.4 Å². The second-order valence-corrected chi connectivity index (χ2v) is 3.97. The summed E-state index contributed by atoms with van der Waals surface area (Å²) in [6, 6.07) is 0. The lowest BCUT2D eigenvalue weighted by Crippen LogP contribution is -2.41. The standard InChI is InChI=1S/C12H19NO4/c1-3-5-10(14)9-8-13(7-6-11(9)15)12(16)17-4-2/h14H,3-8H2,1-2H3. The minimum atomic E-state index is -0.429. The molecule has 0 saturated carbocycles. The number of hydrogen-bond acceptors (Lipinski definition) is 4. The molecule has 1 N–H and O–H groups in total. The van der Waals surface area contributed by atoms with Gasteiger partial charge in [0.25, 0.3) is 0 Å². The highest BCUT2D eigenvalue weighted by Gasteiger charge is 2.27. The number of carbonyl (C=O) groups is 2. The molecule has 5 nitrogen and oxygen atoms in total. The van der Waals surface area contributed by atoms with E-state index in [4.69, 9.17) is 4.74 Å². The van der Waals surface area contributed by atoms with Crippen LogP contribution in [0.3, 0.4) is 0 Å². The van der Waals surface area contributed by atoms with Gasteiger partial charge in [-0.3, -0.25) is 4.79 Å². The lowest BCUT2D eigenvalue weighted by molar-refractivity contribution is -0.117. The quantitative estimate of drug-likeness (QED) is 0.606. The van der Waals surface area contributed by atoms with Crippen LogP contribution in [0.25, 0.3) is 0 Å². The van der Waals surface area contributed by atoms with Crippen LogP contribution in [0.5, 0.6) is 0 Å².